The summed E-state index contributed by atoms with van der Waals surface area (Å²) in [5, 5.41) is 5.88. The van der Waals surface area contributed by atoms with Crippen LogP contribution in [0.4, 0.5) is 5.82 Å². The highest BCUT2D eigenvalue weighted by Gasteiger charge is 2.03. The Balaban J connectivity index is 2.34. The zero-order valence-corrected chi connectivity index (χ0v) is 11.1. The molecule has 0 fully saturated rings. The minimum Gasteiger partial charge on any atom is -0.478 e. The van der Waals surface area contributed by atoms with E-state index in [9.17, 15) is 4.79 Å². The van der Waals surface area contributed by atoms with E-state index < -0.39 is 0 Å². The van der Waals surface area contributed by atoms with Crippen LogP contribution >= 0.6 is 0 Å². The van der Waals surface area contributed by atoms with E-state index in [0.29, 0.717) is 31.3 Å². The summed E-state index contributed by atoms with van der Waals surface area (Å²) in [6.45, 7) is 6.86. The van der Waals surface area contributed by atoms with Crippen LogP contribution in [-0.2, 0) is 4.79 Å². The molecule has 0 radical (unpaired) electrons. The molecule has 0 aliphatic carbocycles. The van der Waals surface area contributed by atoms with Crippen molar-refractivity contribution in [3.8, 4) is 5.88 Å². The third kappa shape index (κ3) is 5.47. The first kappa shape index (κ1) is 14.2. The molecule has 1 rings (SSSR count). The van der Waals surface area contributed by atoms with Gasteiger partial charge in [0.2, 0.25) is 11.8 Å². The molecule has 0 aliphatic heterocycles. The maximum absolute atomic E-state index is 11.4. The Morgan fingerprint density at radius 3 is 2.89 bits per heavy atom. The number of hydrogen-bond donors (Lipinski definition) is 2. The lowest BCUT2D eigenvalue weighted by molar-refractivity contribution is -0.121. The van der Waals surface area contributed by atoms with E-state index in [4.69, 9.17) is 4.74 Å². The van der Waals surface area contributed by atoms with Crippen molar-refractivity contribution in [1.82, 2.24) is 15.3 Å². The van der Waals surface area contributed by atoms with Crippen molar-refractivity contribution in [2.24, 2.45) is 0 Å². The van der Waals surface area contributed by atoms with Gasteiger partial charge >= 0.3 is 0 Å². The molecular formula is C12H20N4O2. The van der Waals surface area contributed by atoms with Crippen molar-refractivity contribution in [2.45, 2.75) is 33.2 Å². The number of ether oxygens (including phenoxy) is 1. The predicted molar refractivity (Wildman–Crippen MR) is 69.6 cm³/mol. The van der Waals surface area contributed by atoms with Gasteiger partial charge in [-0.05, 0) is 20.8 Å². The molecule has 100 valence electrons. The molecule has 0 spiro atoms. The maximum Gasteiger partial charge on any atom is 0.221 e. The van der Waals surface area contributed by atoms with Crippen LogP contribution in [0, 0.1) is 0 Å². The lowest BCUT2D eigenvalue weighted by Crippen LogP contribution is -2.31. The van der Waals surface area contributed by atoms with Crippen molar-refractivity contribution in [1.29, 1.82) is 0 Å². The summed E-state index contributed by atoms with van der Waals surface area (Å²) in [6, 6.07) is 1.88. The summed E-state index contributed by atoms with van der Waals surface area (Å²) in [7, 11) is 0. The maximum atomic E-state index is 11.4. The molecule has 18 heavy (non-hydrogen) atoms. The fourth-order valence-electron chi connectivity index (χ4n) is 1.36. The molecular weight excluding hydrogens is 232 g/mol. The van der Waals surface area contributed by atoms with Gasteiger partial charge in [-0.2, -0.15) is 0 Å². The van der Waals surface area contributed by atoms with Crippen LogP contribution in [0.1, 0.15) is 27.2 Å². The number of hydrogen-bond acceptors (Lipinski definition) is 5. The van der Waals surface area contributed by atoms with Gasteiger partial charge in [0.05, 0.1) is 6.61 Å². The highest BCUT2D eigenvalue weighted by molar-refractivity contribution is 5.76. The van der Waals surface area contributed by atoms with E-state index in [1.807, 2.05) is 20.8 Å². The lowest BCUT2D eigenvalue weighted by Gasteiger charge is -2.09. The number of carbonyl (C=O) groups is 1. The van der Waals surface area contributed by atoms with Gasteiger partial charge in [-0.25, -0.2) is 9.97 Å². The Kier molecular flexibility index (Phi) is 5.90. The third-order valence-electron chi connectivity index (χ3n) is 2.04. The molecule has 1 aromatic rings. The minimum absolute atomic E-state index is 0.0246. The monoisotopic (exact) mass is 252 g/mol. The molecule has 6 nitrogen and oxygen atoms in total. The van der Waals surface area contributed by atoms with Gasteiger partial charge in [-0.1, -0.05) is 0 Å². The van der Waals surface area contributed by atoms with Crippen LogP contribution < -0.4 is 15.4 Å². The standard InChI is InChI=1S/C12H20N4O2/c1-4-18-12-7-10(14-8-15-12)13-6-5-11(17)16-9(2)3/h7-9H,4-6H2,1-3H3,(H,16,17)(H,13,14,15). The van der Waals surface area contributed by atoms with E-state index in [2.05, 4.69) is 20.6 Å². The largest absolute Gasteiger partial charge is 0.478 e. The van der Waals surface area contributed by atoms with Crippen LogP contribution in [0.5, 0.6) is 5.88 Å². The van der Waals surface area contributed by atoms with Gasteiger partial charge in [0.1, 0.15) is 12.1 Å². The summed E-state index contributed by atoms with van der Waals surface area (Å²) in [5.41, 5.74) is 0. The molecule has 0 atom stereocenters. The molecule has 2 N–H and O–H groups in total. The van der Waals surface area contributed by atoms with E-state index >= 15 is 0 Å². The summed E-state index contributed by atoms with van der Waals surface area (Å²) in [5.74, 6) is 1.21. The Hall–Kier alpha value is -1.85. The summed E-state index contributed by atoms with van der Waals surface area (Å²) in [4.78, 5) is 19.4. The van der Waals surface area contributed by atoms with E-state index in [0.717, 1.165) is 0 Å². The number of rotatable bonds is 7. The molecule has 0 saturated carbocycles. The topological polar surface area (TPSA) is 76.1 Å². The average Bonchev–Trinajstić information content (AvgIpc) is 2.29. The highest BCUT2D eigenvalue weighted by Crippen LogP contribution is 2.10. The summed E-state index contributed by atoms with van der Waals surface area (Å²) in [6.07, 6.45) is 1.84. The van der Waals surface area contributed by atoms with Gasteiger partial charge < -0.3 is 15.4 Å². The Morgan fingerprint density at radius 1 is 1.44 bits per heavy atom. The Morgan fingerprint density at radius 2 is 2.22 bits per heavy atom. The zero-order valence-electron chi connectivity index (χ0n) is 11.1. The molecule has 1 aromatic heterocycles. The number of amides is 1. The van der Waals surface area contributed by atoms with Gasteiger partial charge in [0, 0.05) is 25.1 Å². The quantitative estimate of drug-likeness (QED) is 0.762. The number of anilines is 1. The average molecular weight is 252 g/mol. The Labute approximate surface area is 107 Å². The number of nitrogens with one attached hydrogen (secondary N) is 2. The SMILES string of the molecule is CCOc1cc(NCCC(=O)NC(C)C)ncn1. The van der Waals surface area contributed by atoms with Crippen molar-refractivity contribution < 1.29 is 9.53 Å². The van der Waals surface area contributed by atoms with Gasteiger partial charge in [0.15, 0.2) is 0 Å². The summed E-state index contributed by atoms with van der Waals surface area (Å²) < 4.78 is 5.26. The smallest absolute Gasteiger partial charge is 0.221 e. The molecule has 1 heterocycles. The molecule has 0 unspecified atom stereocenters. The fraction of sp³-hybridized carbons (Fsp3) is 0.583. The number of aromatic nitrogens is 2. The van der Waals surface area contributed by atoms with E-state index in [1.165, 1.54) is 6.33 Å². The molecule has 1 amide bonds. The van der Waals surface area contributed by atoms with Crippen LogP contribution in [0.3, 0.4) is 0 Å². The molecule has 0 aliphatic rings. The predicted octanol–water partition coefficient (Wildman–Crippen LogP) is 1.20. The van der Waals surface area contributed by atoms with Crippen molar-refractivity contribution in [2.75, 3.05) is 18.5 Å². The van der Waals surface area contributed by atoms with E-state index in [1.54, 1.807) is 6.07 Å². The first-order valence-electron chi connectivity index (χ1n) is 6.10. The van der Waals surface area contributed by atoms with Crippen LogP contribution in [0.15, 0.2) is 12.4 Å². The Bertz CT molecular complexity index is 382. The van der Waals surface area contributed by atoms with E-state index in [-0.39, 0.29) is 11.9 Å². The van der Waals surface area contributed by atoms with Crippen LogP contribution in [0.25, 0.3) is 0 Å². The number of nitrogens with zero attached hydrogens (tertiary/aromatic N) is 2. The lowest BCUT2D eigenvalue weighted by atomic mass is 10.3. The molecule has 6 heteroatoms. The minimum atomic E-state index is 0.0246. The fourth-order valence-corrected chi connectivity index (χ4v) is 1.36. The highest BCUT2D eigenvalue weighted by atomic mass is 16.5. The van der Waals surface area contributed by atoms with Gasteiger partial charge in [0.25, 0.3) is 0 Å². The third-order valence-corrected chi connectivity index (χ3v) is 2.04. The first-order valence-corrected chi connectivity index (χ1v) is 6.10. The summed E-state index contributed by atoms with van der Waals surface area (Å²) >= 11 is 0. The second kappa shape index (κ2) is 7.47. The van der Waals surface area contributed by atoms with Crippen molar-refractivity contribution in [3.05, 3.63) is 12.4 Å². The molecule has 0 aromatic carbocycles. The van der Waals surface area contributed by atoms with Crippen LogP contribution in [0.2, 0.25) is 0 Å². The van der Waals surface area contributed by atoms with Gasteiger partial charge in [-0.15, -0.1) is 0 Å². The normalized spacial score (nSPS) is 10.2. The molecule has 0 saturated heterocycles. The second-order valence-electron chi connectivity index (χ2n) is 4.07. The van der Waals surface area contributed by atoms with Crippen molar-refractivity contribution >= 4 is 11.7 Å². The second-order valence-corrected chi connectivity index (χ2v) is 4.07. The first-order chi connectivity index (χ1) is 8.61. The van der Waals surface area contributed by atoms with Crippen LogP contribution in [-0.4, -0.2) is 35.1 Å². The number of carbonyl (C=O) groups excluding carboxylic acids is 1. The zero-order chi connectivity index (χ0) is 13.4. The molecule has 0 bridgehead atoms. The van der Waals surface area contributed by atoms with Gasteiger partial charge in [-0.3, -0.25) is 4.79 Å². The van der Waals surface area contributed by atoms with Crippen molar-refractivity contribution in [3.63, 3.8) is 0 Å².